The molecule has 0 radical (unpaired) electrons. The van der Waals surface area contributed by atoms with Crippen molar-refractivity contribution in [2.75, 3.05) is 32.5 Å². The molecule has 0 saturated carbocycles. The summed E-state index contributed by atoms with van der Waals surface area (Å²) in [5.74, 6) is -0.863. The van der Waals surface area contributed by atoms with Crippen LogP contribution in [0, 0.1) is 6.92 Å². The van der Waals surface area contributed by atoms with Crippen molar-refractivity contribution in [1.29, 1.82) is 0 Å². The minimum atomic E-state index is -1.18. The second-order valence-corrected chi connectivity index (χ2v) is 8.11. The molecule has 2 aromatic carbocycles. The van der Waals surface area contributed by atoms with E-state index in [1.165, 1.54) is 5.56 Å². The van der Waals surface area contributed by atoms with Gasteiger partial charge in [0.1, 0.15) is 12.1 Å². The Morgan fingerprint density at radius 2 is 1.70 bits per heavy atom. The van der Waals surface area contributed by atoms with Gasteiger partial charge in [-0.1, -0.05) is 42.0 Å². The summed E-state index contributed by atoms with van der Waals surface area (Å²) in [7, 11) is 4.04. The summed E-state index contributed by atoms with van der Waals surface area (Å²) < 4.78 is 0. The number of benzene rings is 2. The summed E-state index contributed by atoms with van der Waals surface area (Å²) in [6.07, 6.45) is 0.918. The quantitative estimate of drug-likeness (QED) is 0.690. The van der Waals surface area contributed by atoms with Gasteiger partial charge in [-0.2, -0.15) is 0 Å². The number of likely N-dealkylation sites (N-methyl/N-ethyl adjacent to an activating group) is 1. The Kier molecular flexibility index (Phi) is 6.22. The van der Waals surface area contributed by atoms with Crippen LogP contribution >= 0.6 is 0 Å². The molecule has 7 heteroatoms. The Morgan fingerprint density at radius 3 is 2.30 bits per heavy atom. The van der Waals surface area contributed by atoms with Crippen molar-refractivity contribution in [3.63, 3.8) is 0 Å². The minimum absolute atomic E-state index is 0.339. The number of aryl methyl sites for hydroxylation is 1. The van der Waals surface area contributed by atoms with Crippen LogP contribution in [0.25, 0.3) is 0 Å². The van der Waals surface area contributed by atoms with Gasteiger partial charge in [0.25, 0.3) is 5.91 Å². The van der Waals surface area contributed by atoms with Crippen molar-refractivity contribution in [2.24, 2.45) is 0 Å². The number of nitrogens with one attached hydrogen (secondary N) is 2. The Hall–Kier alpha value is -3.19. The number of imide groups is 1. The molecule has 2 aromatic rings. The second-order valence-electron chi connectivity index (χ2n) is 8.11. The van der Waals surface area contributed by atoms with Crippen molar-refractivity contribution in [2.45, 2.75) is 25.8 Å². The first kappa shape index (κ1) is 21.5. The van der Waals surface area contributed by atoms with Gasteiger partial charge in [-0.15, -0.1) is 0 Å². The monoisotopic (exact) mass is 408 g/mol. The SMILES string of the molecule is Cc1ccc(C2(C)NC(=O)N(CC(=O)Nc3ccc(CCN(C)C)cc3)C2=O)cc1. The molecule has 1 saturated heterocycles. The fraction of sp³-hybridized carbons (Fsp3) is 0.348. The zero-order chi connectivity index (χ0) is 21.9. The van der Waals surface area contributed by atoms with E-state index in [1.807, 2.05) is 69.6 Å². The maximum atomic E-state index is 12.9. The lowest BCUT2D eigenvalue weighted by atomic mass is 9.91. The molecule has 0 spiro atoms. The van der Waals surface area contributed by atoms with Crippen LogP contribution in [0.1, 0.15) is 23.6 Å². The summed E-state index contributed by atoms with van der Waals surface area (Å²) >= 11 is 0. The molecule has 0 aromatic heterocycles. The van der Waals surface area contributed by atoms with Gasteiger partial charge in [0, 0.05) is 12.2 Å². The third kappa shape index (κ3) is 4.68. The summed E-state index contributed by atoms with van der Waals surface area (Å²) in [5.41, 5.74) is 2.36. The molecule has 1 atom stereocenters. The van der Waals surface area contributed by atoms with E-state index in [9.17, 15) is 14.4 Å². The summed E-state index contributed by atoms with van der Waals surface area (Å²) in [6.45, 7) is 4.21. The van der Waals surface area contributed by atoms with Crippen LogP contribution in [0.15, 0.2) is 48.5 Å². The molecule has 30 heavy (non-hydrogen) atoms. The Bertz CT molecular complexity index is 938. The highest BCUT2D eigenvalue weighted by Crippen LogP contribution is 2.29. The number of urea groups is 1. The number of carbonyl (C=O) groups excluding carboxylic acids is 3. The zero-order valence-corrected chi connectivity index (χ0v) is 17.9. The van der Waals surface area contributed by atoms with E-state index in [0.717, 1.165) is 23.4 Å². The molecule has 0 aliphatic carbocycles. The lowest BCUT2D eigenvalue weighted by Gasteiger charge is -2.22. The Morgan fingerprint density at radius 1 is 1.07 bits per heavy atom. The van der Waals surface area contributed by atoms with E-state index in [4.69, 9.17) is 0 Å². The van der Waals surface area contributed by atoms with Crippen LogP contribution in [-0.4, -0.2) is 54.8 Å². The van der Waals surface area contributed by atoms with E-state index in [-0.39, 0.29) is 6.54 Å². The minimum Gasteiger partial charge on any atom is -0.325 e. The number of hydrogen-bond donors (Lipinski definition) is 2. The molecule has 4 amide bonds. The third-order valence-electron chi connectivity index (χ3n) is 5.29. The molecule has 1 fully saturated rings. The van der Waals surface area contributed by atoms with Crippen molar-refractivity contribution < 1.29 is 14.4 Å². The standard InChI is InChI=1S/C23H28N4O3/c1-16-5-9-18(10-6-16)23(2)21(29)27(22(30)25-23)15-20(28)24-19-11-7-17(8-12-19)13-14-26(3)4/h5-12H,13-15H2,1-4H3,(H,24,28)(H,25,30). The second kappa shape index (κ2) is 8.67. The van der Waals surface area contributed by atoms with Crippen LogP contribution in [0.4, 0.5) is 10.5 Å². The fourth-order valence-electron chi connectivity index (χ4n) is 3.37. The number of carbonyl (C=O) groups is 3. The van der Waals surface area contributed by atoms with E-state index >= 15 is 0 Å². The third-order valence-corrected chi connectivity index (χ3v) is 5.29. The highest BCUT2D eigenvalue weighted by molar-refractivity contribution is 6.10. The topological polar surface area (TPSA) is 81.8 Å². The molecule has 158 valence electrons. The van der Waals surface area contributed by atoms with Crippen molar-refractivity contribution in [3.05, 3.63) is 65.2 Å². The van der Waals surface area contributed by atoms with Gasteiger partial charge >= 0.3 is 6.03 Å². The average Bonchev–Trinajstić information content (AvgIpc) is 2.92. The zero-order valence-electron chi connectivity index (χ0n) is 17.9. The molecule has 7 nitrogen and oxygen atoms in total. The molecule has 1 aliphatic rings. The first-order valence-corrected chi connectivity index (χ1v) is 9.94. The van der Waals surface area contributed by atoms with Crippen molar-refractivity contribution >= 4 is 23.5 Å². The average molecular weight is 409 g/mol. The first-order chi connectivity index (χ1) is 14.2. The lowest BCUT2D eigenvalue weighted by Crippen LogP contribution is -2.42. The highest BCUT2D eigenvalue weighted by atomic mass is 16.2. The predicted octanol–water partition coefficient (Wildman–Crippen LogP) is 2.50. The molecule has 0 bridgehead atoms. The number of anilines is 1. The molecule has 1 aliphatic heterocycles. The van der Waals surface area contributed by atoms with Crippen LogP contribution < -0.4 is 10.6 Å². The van der Waals surface area contributed by atoms with Crippen LogP contribution in [-0.2, 0) is 21.5 Å². The van der Waals surface area contributed by atoms with Crippen LogP contribution in [0.2, 0.25) is 0 Å². The molecular formula is C23H28N4O3. The van der Waals surface area contributed by atoms with Crippen molar-refractivity contribution in [1.82, 2.24) is 15.1 Å². The van der Waals surface area contributed by atoms with E-state index in [1.54, 1.807) is 6.92 Å². The first-order valence-electron chi connectivity index (χ1n) is 9.94. The van der Waals surface area contributed by atoms with Gasteiger partial charge in [0.15, 0.2) is 0 Å². The van der Waals surface area contributed by atoms with Gasteiger partial charge in [-0.05, 0) is 57.6 Å². The van der Waals surface area contributed by atoms with Gasteiger partial charge in [-0.3, -0.25) is 14.5 Å². The van der Waals surface area contributed by atoms with E-state index < -0.39 is 23.4 Å². The van der Waals surface area contributed by atoms with Crippen LogP contribution in [0.3, 0.4) is 0 Å². The Labute approximate surface area is 177 Å². The maximum Gasteiger partial charge on any atom is 0.325 e. The number of hydrogen-bond acceptors (Lipinski definition) is 4. The lowest BCUT2D eigenvalue weighted by molar-refractivity contribution is -0.133. The maximum absolute atomic E-state index is 12.9. The molecular weight excluding hydrogens is 380 g/mol. The molecule has 1 heterocycles. The molecule has 2 N–H and O–H groups in total. The summed E-state index contributed by atoms with van der Waals surface area (Å²) in [4.78, 5) is 40.9. The summed E-state index contributed by atoms with van der Waals surface area (Å²) in [6, 6.07) is 14.4. The van der Waals surface area contributed by atoms with Gasteiger partial charge in [-0.25, -0.2) is 4.79 Å². The number of rotatable bonds is 7. The summed E-state index contributed by atoms with van der Waals surface area (Å²) in [5, 5.41) is 5.47. The number of amides is 4. The van der Waals surface area contributed by atoms with Crippen molar-refractivity contribution in [3.8, 4) is 0 Å². The van der Waals surface area contributed by atoms with Gasteiger partial charge in [0.2, 0.25) is 5.91 Å². The highest BCUT2D eigenvalue weighted by Gasteiger charge is 2.49. The predicted molar refractivity (Wildman–Crippen MR) is 116 cm³/mol. The largest absolute Gasteiger partial charge is 0.325 e. The molecule has 1 unspecified atom stereocenters. The normalized spacial score (nSPS) is 18.6. The molecule has 3 rings (SSSR count). The Balaban J connectivity index is 1.63. The van der Waals surface area contributed by atoms with E-state index in [0.29, 0.717) is 11.3 Å². The van der Waals surface area contributed by atoms with Crippen LogP contribution in [0.5, 0.6) is 0 Å². The number of nitrogens with zero attached hydrogens (tertiary/aromatic N) is 2. The van der Waals surface area contributed by atoms with Gasteiger partial charge in [0.05, 0.1) is 0 Å². The van der Waals surface area contributed by atoms with E-state index in [2.05, 4.69) is 15.5 Å². The smallest absolute Gasteiger partial charge is 0.325 e. The van der Waals surface area contributed by atoms with Gasteiger partial charge < -0.3 is 15.5 Å². The fourth-order valence-corrected chi connectivity index (χ4v) is 3.37.